The lowest BCUT2D eigenvalue weighted by Gasteiger charge is -2.15. The van der Waals surface area contributed by atoms with Crippen LogP contribution in [-0.2, 0) is 11.2 Å². The summed E-state index contributed by atoms with van der Waals surface area (Å²) in [4.78, 5) is 10.4. The fraction of sp³-hybridized carbons (Fsp3) is 0.562. The summed E-state index contributed by atoms with van der Waals surface area (Å²) < 4.78 is 0. The predicted molar refractivity (Wildman–Crippen MR) is 78.3 cm³/mol. The molecule has 1 aromatic rings. The highest BCUT2D eigenvalue weighted by Crippen LogP contribution is 2.15. The van der Waals surface area contributed by atoms with E-state index in [-0.39, 0.29) is 12.5 Å². The normalized spacial score (nSPS) is 12.6. The molecular weight excluding hydrogens is 238 g/mol. The number of aliphatic carboxylic acids is 1. The summed E-state index contributed by atoms with van der Waals surface area (Å²) in [5, 5.41) is 11.9. The molecule has 0 aliphatic carbocycles. The Balaban J connectivity index is 2.39. The van der Waals surface area contributed by atoms with Gasteiger partial charge in [-0.3, -0.25) is 4.79 Å². The van der Waals surface area contributed by atoms with Crippen molar-refractivity contribution in [2.45, 2.75) is 46.1 Å². The lowest BCUT2D eigenvalue weighted by atomic mass is 10.00. The van der Waals surface area contributed by atoms with Crippen molar-refractivity contribution in [3.63, 3.8) is 0 Å². The second kappa shape index (κ2) is 7.95. The molecule has 0 aliphatic heterocycles. The fourth-order valence-electron chi connectivity index (χ4n) is 2.09. The number of carboxylic acids is 1. The summed E-state index contributed by atoms with van der Waals surface area (Å²) in [6.45, 7) is 7.29. The van der Waals surface area contributed by atoms with Gasteiger partial charge in [-0.2, -0.15) is 0 Å². The van der Waals surface area contributed by atoms with Crippen molar-refractivity contribution in [2.75, 3.05) is 6.54 Å². The van der Waals surface area contributed by atoms with Crippen molar-refractivity contribution in [3.8, 4) is 0 Å². The number of carboxylic acid groups (broad SMARTS) is 1. The van der Waals surface area contributed by atoms with Crippen molar-refractivity contribution in [1.82, 2.24) is 5.32 Å². The maximum atomic E-state index is 10.4. The van der Waals surface area contributed by atoms with Crippen LogP contribution in [0.2, 0.25) is 0 Å². The maximum Gasteiger partial charge on any atom is 0.303 e. The third-order valence-corrected chi connectivity index (χ3v) is 3.14. The summed E-state index contributed by atoms with van der Waals surface area (Å²) in [5.41, 5.74) is 2.62. The zero-order valence-corrected chi connectivity index (χ0v) is 12.1. The van der Waals surface area contributed by atoms with E-state index in [1.54, 1.807) is 0 Å². The zero-order chi connectivity index (χ0) is 14.3. The van der Waals surface area contributed by atoms with Gasteiger partial charge in [0.05, 0.1) is 0 Å². The summed E-state index contributed by atoms with van der Waals surface area (Å²) in [6, 6.07) is 8.95. The fourth-order valence-corrected chi connectivity index (χ4v) is 2.09. The molecule has 0 radical (unpaired) electrons. The van der Waals surface area contributed by atoms with Crippen molar-refractivity contribution in [3.05, 3.63) is 35.4 Å². The van der Waals surface area contributed by atoms with Crippen LogP contribution in [0, 0.1) is 5.92 Å². The van der Waals surface area contributed by atoms with E-state index in [9.17, 15) is 4.79 Å². The first-order valence-electron chi connectivity index (χ1n) is 7.03. The van der Waals surface area contributed by atoms with Crippen molar-refractivity contribution >= 4 is 5.97 Å². The molecule has 0 bridgehead atoms. The molecule has 0 heterocycles. The highest BCUT2D eigenvalue weighted by molar-refractivity contribution is 5.66. The van der Waals surface area contributed by atoms with Gasteiger partial charge in [0.15, 0.2) is 0 Å². The quantitative estimate of drug-likeness (QED) is 0.707. The number of nitrogens with one attached hydrogen (secondary N) is 1. The molecule has 106 valence electrons. The minimum absolute atomic E-state index is 0.229. The first-order valence-corrected chi connectivity index (χ1v) is 7.03. The molecule has 3 nitrogen and oxygen atoms in total. The molecule has 1 atom stereocenters. The van der Waals surface area contributed by atoms with Crippen LogP contribution >= 0.6 is 0 Å². The van der Waals surface area contributed by atoms with Gasteiger partial charge in [-0.05, 0) is 43.4 Å². The average Bonchev–Trinajstić information content (AvgIpc) is 2.34. The number of hydrogen-bond acceptors (Lipinski definition) is 2. The predicted octanol–water partition coefficient (Wildman–Crippen LogP) is 3.40. The number of hydrogen-bond donors (Lipinski definition) is 2. The lowest BCUT2D eigenvalue weighted by Crippen LogP contribution is -2.20. The minimum atomic E-state index is -0.729. The molecule has 0 aromatic heterocycles. The molecule has 0 aliphatic rings. The van der Waals surface area contributed by atoms with E-state index in [0.29, 0.717) is 12.3 Å². The van der Waals surface area contributed by atoms with Crippen LogP contribution in [0.15, 0.2) is 24.3 Å². The molecule has 1 rings (SSSR count). The molecule has 19 heavy (non-hydrogen) atoms. The highest BCUT2D eigenvalue weighted by Gasteiger charge is 2.05. The SMILES string of the molecule is CC(C)Cc1ccc(C(C)NCCCC(=O)O)cc1. The summed E-state index contributed by atoms with van der Waals surface area (Å²) >= 11 is 0. The van der Waals surface area contributed by atoms with E-state index in [1.807, 2.05) is 0 Å². The van der Waals surface area contributed by atoms with Crippen LogP contribution in [0.3, 0.4) is 0 Å². The third kappa shape index (κ3) is 6.39. The monoisotopic (exact) mass is 263 g/mol. The number of carbonyl (C=O) groups is 1. The van der Waals surface area contributed by atoms with E-state index < -0.39 is 5.97 Å². The van der Waals surface area contributed by atoms with Crippen LogP contribution in [0.4, 0.5) is 0 Å². The van der Waals surface area contributed by atoms with E-state index in [4.69, 9.17) is 5.11 Å². The Hall–Kier alpha value is -1.35. The number of rotatable bonds is 8. The Morgan fingerprint density at radius 3 is 2.37 bits per heavy atom. The minimum Gasteiger partial charge on any atom is -0.481 e. The van der Waals surface area contributed by atoms with E-state index in [1.165, 1.54) is 11.1 Å². The van der Waals surface area contributed by atoms with Crippen LogP contribution in [0.1, 0.15) is 50.8 Å². The third-order valence-electron chi connectivity index (χ3n) is 3.14. The molecule has 0 saturated heterocycles. The second-order valence-corrected chi connectivity index (χ2v) is 5.51. The van der Waals surface area contributed by atoms with Crippen LogP contribution in [-0.4, -0.2) is 17.6 Å². The summed E-state index contributed by atoms with van der Waals surface area (Å²) in [7, 11) is 0. The first-order chi connectivity index (χ1) is 8.99. The Morgan fingerprint density at radius 2 is 1.84 bits per heavy atom. The number of benzene rings is 1. The van der Waals surface area contributed by atoms with E-state index in [0.717, 1.165) is 13.0 Å². The van der Waals surface area contributed by atoms with Gasteiger partial charge in [-0.25, -0.2) is 0 Å². The highest BCUT2D eigenvalue weighted by atomic mass is 16.4. The Bertz CT molecular complexity index is 384. The van der Waals surface area contributed by atoms with E-state index in [2.05, 4.69) is 50.4 Å². The van der Waals surface area contributed by atoms with Gasteiger partial charge in [-0.15, -0.1) is 0 Å². The topological polar surface area (TPSA) is 49.3 Å². The van der Waals surface area contributed by atoms with Gasteiger partial charge in [0.2, 0.25) is 0 Å². The molecule has 1 aromatic carbocycles. The molecule has 0 spiro atoms. The van der Waals surface area contributed by atoms with Crippen molar-refractivity contribution in [2.24, 2.45) is 5.92 Å². The Labute approximate surface area is 116 Å². The standard InChI is InChI=1S/C16H25NO2/c1-12(2)11-14-6-8-15(9-7-14)13(3)17-10-4-5-16(18)19/h6-9,12-13,17H,4-5,10-11H2,1-3H3,(H,18,19). The van der Waals surface area contributed by atoms with Gasteiger partial charge >= 0.3 is 5.97 Å². The maximum absolute atomic E-state index is 10.4. The van der Waals surface area contributed by atoms with Gasteiger partial charge in [0, 0.05) is 12.5 Å². The van der Waals surface area contributed by atoms with Gasteiger partial charge in [-0.1, -0.05) is 38.1 Å². The summed E-state index contributed by atoms with van der Waals surface area (Å²) in [5.74, 6) is -0.0510. The average molecular weight is 263 g/mol. The molecule has 0 fully saturated rings. The zero-order valence-electron chi connectivity index (χ0n) is 12.1. The van der Waals surface area contributed by atoms with Gasteiger partial charge < -0.3 is 10.4 Å². The molecule has 3 heteroatoms. The largest absolute Gasteiger partial charge is 0.481 e. The molecule has 2 N–H and O–H groups in total. The smallest absolute Gasteiger partial charge is 0.303 e. The van der Waals surface area contributed by atoms with Crippen LogP contribution < -0.4 is 5.32 Å². The van der Waals surface area contributed by atoms with Crippen LogP contribution in [0.25, 0.3) is 0 Å². The van der Waals surface area contributed by atoms with Gasteiger partial charge in [0.25, 0.3) is 0 Å². The molecule has 1 unspecified atom stereocenters. The lowest BCUT2D eigenvalue weighted by molar-refractivity contribution is -0.137. The summed E-state index contributed by atoms with van der Waals surface area (Å²) in [6.07, 6.45) is 2.01. The second-order valence-electron chi connectivity index (χ2n) is 5.51. The molecule has 0 saturated carbocycles. The van der Waals surface area contributed by atoms with Gasteiger partial charge in [0.1, 0.15) is 0 Å². The van der Waals surface area contributed by atoms with Crippen molar-refractivity contribution in [1.29, 1.82) is 0 Å². The van der Waals surface area contributed by atoms with E-state index >= 15 is 0 Å². The molecular formula is C16H25NO2. The Kier molecular flexibility index (Phi) is 6.57. The Morgan fingerprint density at radius 1 is 1.21 bits per heavy atom. The van der Waals surface area contributed by atoms with Crippen LogP contribution in [0.5, 0.6) is 0 Å². The molecule has 0 amide bonds. The van der Waals surface area contributed by atoms with Crippen molar-refractivity contribution < 1.29 is 9.90 Å². The first kappa shape index (κ1) is 15.7.